The van der Waals surface area contributed by atoms with Gasteiger partial charge in [-0.25, -0.2) is 0 Å². The van der Waals surface area contributed by atoms with Crippen LogP contribution in [0.2, 0.25) is 0 Å². The zero-order valence-corrected chi connectivity index (χ0v) is 26.1. The van der Waals surface area contributed by atoms with Gasteiger partial charge < -0.3 is 0 Å². The average molecular weight is 481 g/mol. The Balaban J connectivity index is -0.0000000424. The maximum Gasteiger partial charge on any atom is 0.391 e. The first-order valence-electron chi connectivity index (χ1n) is 14.6. The molecule has 0 saturated heterocycles. The van der Waals surface area contributed by atoms with Crippen LogP contribution in [0.4, 0.5) is 13.2 Å². The van der Waals surface area contributed by atoms with E-state index >= 15 is 0 Å². The summed E-state index contributed by atoms with van der Waals surface area (Å²) in [6.45, 7) is 35.9. The molecule has 0 radical (unpaired) electrons. The fourth-order valence-corrected chi connectivity index (χ4v) is 0. The molecule has 0 aromatic carbocycles. The van der Waals surface area contributed by atoms with E-state index in [4.69, 9.17) is 5.48 Å². The van der Waals surface area contributed by atoms with Gasteiger partial charge in [-0.2, -0.15) is 13.2 Å². The van der Waals surface area contributed by atoms with Crippen molar-refractivity contribution in [3.63, 3.8) is 0 Å². The van der Waals surface area contributed by atoms with Gasteiger partial charge in [0.2, 0.25) is 0 Å². The Labute approximate surface area is 212 Å². The summed E-state index contributed by atoms with van der Waals surface area (Å²) in [6.07, 6.45) is -0.465. The predicted molar refractivity (Wildman–Crippen MR) is 151 cm³/mol. The van der Waals surface area contributed by atoms with Crippen LogP contribution in [0, 0.1) is 23.6 Å². The first-order chi connectivity index (χ1) is 15.6. The van der Waals surface area contributed by atoms with Crippen molar-refractivity contribution in [2.24, 2.45) is 23.6 Å². The molecule has 0 saturated carbocycles. The molecule has 0 N–H and O–H groups in total. The van der Waals surface area contributed by atoms with Crippen molar-refractivity contribution < 1.29 is 18.7 Å². The van der Waals surface area contributed by atoms with Crippen LogP contribution in [0.15, 0.2) is 0 Å². The molecule has 0 aliphatic heterocycles. The van der Waals surface area contributed by atoms with Crippen LogP contribution < -0.4 is 0 Å². The third-order valence-electron chi connectivity index (χ3n) is 1.51. The van der Waals surface area contributed by atoms with Gasteiger partial charge in [-0.3, -0.25) is 0 Å². The van der Waals surface area contributed by atoms with Gasteiger partial charge in [0, 0.05) is 11.4 Å². The van der Waals surface area contributed by atoms with E-state index < -0.39 is 18.5 Å². The molecular weight excluding hydrogens is 405 g/mol. The van der Waals surface area contributed by atoms with E-state index in [1.54, 1.807) is 6.92 Å². The summed E-state index contributed by atoms with van der Waals surface area (Å²) in [7, 11) is 0. The summed E-state index contributed by atoms with van der Waals surface area (Å²) in [5.41, 5.74) is 0. The monoisotopic (exact) mass is 481 g/mol. The Morgan fingerprint density at radius 1 is 0.594 bits per heavy atom. The van der Waals surface area contributed by atoms with Crippen LogP contribution in [0.1, 0.15) is 169 Å². The van der Waals surface area contributed by atoms with Crippen LogP contribution >= 0.6 is 0 Å². The van der Waals surface area contributed by atoms with Gasteiger partial charge in [-0.15, -0.1) is 0 Å². The Hall–Kier alpha value is -0.210. The van der Waals surface area contributed by atoms with Gasteiger partial charge >= 0.3 is 6.18 Å². The maximum absolute atomic E-state index is 11.2. The molecule has 0 aromatic heterocycles. The number of halogens is 3. The molecule has 0 aliphatic rings. The largest absolute Gasteiger partial charge is 0.391 e. The first kappa shape index (κ1) is 39.0. The summed E-state index contributed by atoms with van der Waals surface area (Å²) in [5.74, 6) is -0.868. The van der Waals surface area contributed by atoms with Crippen LogP contribution in [-0.4, -0.2) is 6.18 Å². The molecule has 0 rings (SSSR count). The lowest BCUT2D eigenvalue weighted by molar-refractivity contribution is -0.164. The number of hydrogen-bond donors (Lipinski definition) is 0. The van der Waals surface area contributed by atoms with Gasteiger partial charge in [0.05, 0.1) is 0 Å². The van der Waals surface area contributed by atoms with Crippen LogP contribution in [-0.2, 0) is 0 Å². The van der Waals surface area contributed by atoms with E-state index in [9.17, 15) is 13.2 Å². The van der Waals surface area contributed by atoms with E-state index in [0.29, 0.717) is 6.42 Å². The minimum atomic E-state index is -4.00. The lowest BCUT2D eigenvalue weighted by Crippen LogP contribution is -2.15. The first-order valence-corrected chi connectivity index (χ1v) is 12.6. The van der Waals surface area contributed by atoms with Gasteiger partial charge in [-0.1, -0.05) is 164 Å². The second-order valence-electron chi connectivity index (χ2n) is 8.84. The highest BCUT2D eigenvalue weighted by atomic mass is 19.4. The normalized spacial score (nSPS) is 11.8. The highest BCUT2D eigenvalue weighted by Crippen LogP contribution is 2.24. The fraction of sp³-hybridized carbons (Fsp3) is 1.00. The molecule has 0 atom stereocenters. The number of hydrogen-bond acceptors (Lipinski definition) is 0. The molecule has 0 heterocycles. The molecule has 0 nitrogen and oxygen atoms in total. The van der Waals surface area contributed by atoms with Crippen molar-refractivity contribution in [2.75, 3.05) is 0 Å². The summed E-state index contributed by atoms with van der Waals surface area (Å²) in [4.78, 5) is 0. The molecule has 32 heavy (non-hydrogen) atoms. The lowest BCUT2D eigenvalue weighted by Gasteiger charge is -2.07. The third kappa shape index (κ3) is 407. The second-order valence-corrected chi connectivity index (χ2v) is 8.84. The van der Waals surface area contributed by atoms with Gasteiger partial charge in [0.15, 0.2) is 0 Å². The standard InChI is InChI=1S/C4H7F3.5C4H10.C3H8.C2H6/c1-3(2)4(5,6)7;3*1-4(2)3;2*1-3-4-2;1-3-2;1-2/h3H,1-2H3;3*4H,1-3H3;2*3-4H2,1-2H3;3H2,1-2H3;1-2H3/i;2*4D;;3D2;;;. The van der Waals surface area contributed by atoms with Gasteiger partial charge in [-0.05, 0) is 17.7 Å². The zero-order chi connectivity index (χ0) is 32.0. The third-order valence-corrected chi connectivity index (χ3v) is 1.51. The second kappa shape index (κ2) is 52.6. The van der Waals surface area contributed by atoms with Crippen molar-refractivity contribution >= 4 is 0 Å². The van der Waals surface area contributed by atoms with E-state index in [-0.39, 0.29) is 11.8 Å². The van der Waals surface area contributed by atoms with Crippen LogP contribution in [0.5, 0.6) is 0 Å². The predicted octanol–water partition coefficient (Wildman–Crippen LogP) is 13.2. The van der Waals surface area contributed by atoms with Crippen LogP contribution in [0.25, 0.3) is 0 Å². The van der Waals surface area contributed by atoms with Crippen LogP contribution in [0.3, 0.4) is 0 Å². The molecule has 0 spiro atoms. The Morgan fingerprint density at radius 2 is 0.688 bits per heavy atom. The van der Waals surface area contributed by atoms with E-state index in [1.807, 2.05) is 62.3 Å². The van der Waals surface area contributed by atoms with E-state index in [1.165, 1.54) is 19.3 Å². The Bertz CT molecular complexity index is 308. The quantitative estimate of drug-likeness (QED) is 0.368. The molecule has 0 fully saturated rings. The molecule has 3 heteroatoms. The minimum absolute atomic E-state index is 0.250. The number of unbranched alkanes of at least 4 members (excludes halogenated alkanes) is 1. The fourth-order valence-electron chi connectivity index (χ4n) is 0. The van der Waals surface area contributed by atoms with Crippen molar-refractivity contribution in [1.82, 2.24) is 0 Å². The summed E-state index contributed by atoms with van der Waals surface area (Å²) in [6, 6.07) is 0. The van der Waals surface area contributed by atoms with Gasteiger partial charge in [0.1, 0.15) is 0 Å². The molecule has 0 amide bonds. The molecule has 0 bridgehead atoms. The molecule has 208 valence electrons. The Kier molecular flexibility index (Phi) is 64.2. The van der Waals surface area contributed by atoms with E-state index in [2.05, 4.69) is 48.5 Å². The highest BCUT2D eigenvalue weighted by Gasteiger charge is 2.31. The molecule has 0 aliphatic carbocycles. The lowest BCUT2D eigenvalue weighted by atomic mass is 10.2. The Morgan fingerprint density at radius 3 is 0.688 bits per heavy atom. The maximum atomic E-state index is 11.2. The van der Waals surface area contributed by atoms with Crippen molar-refractivity contribution in [1.29, 1.82) is 0 Å². The van der Waals surface area contributed by atoms with Gasteiger partial charge in [0.25, 0.3) is 0 Å². The average Bonchev–Trinajstić information content (AvgIpc) is 2.60. The van der Waals surface area contributed by atoms with E-state index in [0.717, 1.165) is 19.8 Å². The topological polar surface area (TPSA) is 0 Å². The molecule has 0 unspecified atom stereocenters. The molecular formula is C29H71F3. The summed E-state index contributed by atoms with van der Waals surface area (Å²) in [5, 5.41) is 0. The molecule has 0 aromatic rings. The zero-order valence-electron chi connectivity index (χ0n) is 30.1. The van der Waals surface area contributed by atoms with Crippen molar-refractivity contribution in [3.05, 3.63) is 0 Å². The number of rotatable bonds is 2. The summed E-state index contributed by atoms with van der Waals surface area (Å²) < 4.78 is 61.1. The smallest absolute Gasteiger partial charge is 0.171 e. The minimum Gasteiger partial charge on any atom is -0.171 e. The van der Waals surface area contributed by atoms with Crippen molar-refractivity contribution in [2.45, 2.75) is 170 Å². The highest BCUT2D eigenvalue weighted by molar-refractivity contribution is 4.52. The number of alkyl halides is 3. The summed E-state index contributed by atoms with van der Waals surface area (Å²) >= 11 is 0. The SMILES string of the molecule is CC.CC(C)C.CC(C)C(F)(F)F.CCC.CCCC.[2H]C(C)(C)C.[2H]C(C)(C)C.[2H]C([2H])(C)CC. The van der Waals surface area contributed by atoms with Crippen molar-refractivity contribution in [3.8, 4) is 0 Å².